The lowest BCUT2D eigenvalue weighted by Crippen LogP contribution is -2.08. The van der Waals surface area contributed by atoms with Gasteiger partial charge in [0.05, 0.1) is 0 Å². The summed E-state index contributed by atoms with van der Waals surface area (Å²) in [5.74, 6) is 1.01. The summed E-state index contributed by atoms with van der Waals surface area (Å²) in [5.41, 5.74) is 2.36. The van der Waals surface area contributed by atoms with E-state index in [2.05, 4.69) is 11.1 Å². The van der Waals surface area contributed by atoms with E-state index >= 15 is 0 Å². The van der Waals surface area contributed by atoms with Crippen LogP contribution in [0.15, 0.2) is 36.5 Å². The van der Waals surface area contributed by atoms with Crippen molar-refractivity contribution in [2.24, 2.45) is 0 Å². The number of hydrogen-bond acceptors (Lipinski definition) is 4. The van der Waals surface area contributed by atoms with E-state index in [-0.39, 0.29) is 0 Å². The van der Waals surface area contributed by atoms with Gasteiger partial charge in [0, 0.05) is 32.0 Å². The molecule has 0 unspecified atom stereocenters. The second-order valence-corrected chi connectivity index (χ2v) is 4.41. The zero-order valence-electron chi connectivity index (χ0n) is 11.2. The zero-order chi connectivity index (χ0) is 13.8. The number of rotatable bonds is 3. The molecule has 0 radical (unpaired) electrons. The average Bonchev–Trinajstić information content (AvgIpc) is 2.39. The lowest BCUT2D eigenvalue weighted by atomic mass is 10.2. The highest BCUT2D eigenvalue weighted by atomic mass is 16.5. The molecular formula is C15H15N3O. The maximum Gasteiger partial charge on any atom is 0.237 e. The van der Waals surface area contributed by atoms with Crippen molar-refractivity contribution in [3.63, 3.8) is 0 Å². The number of pyridine rings is 1. The molecule has 0 saturated carbocycles. The molecule has 0 N–H and O–H groups in total. The molecule has 0 atom stereocenters. The largest absolute Gasteiger partial charge is 0.438 e. The van der Waals surface area contributed by atoms with Crippen LogP contribution in [-0.4, -0.2) is 19.1 Å². The van der Waals surface area contributed by atoms with Gasteiger partial charge in [-0.3, -0.25) is 0 Å². The minimum atomic E-state index is 0.346. The van der Waals surface area contributed by atoms with Gasteiger partial charge in [-0.2, -0.15) is 5.26 Å². The normalized spacial score (nSPS) is 9.79. The van der Waals surface area contributed by atoms with Crippen molar-refractivity contribution >= 4 is 5.69 Å². The van der Waals surface area contributed by atoms with Crippen molar-refractivity contribution < 1.29 is 4.74 Å². The van der Waals surface area contributed by atoms with Gasteiger partial charge in [0.1, 0.15) is 17.4 Å². The Hall–Kier alpha value is -2.54. The number of aromatic nitrogens is 1. The molecule has 1 aromatic carbocycles. The molecule has 0 amide bonds. The summed E-state index contributed by atoms with van der Waals surface area (Å²) in [5, 5.41) is 9.14. The Bertz CT molecular complexity index is 630. The fraction of sp³-hybridized carbons (Fsp3) is 0.200. The first-order valence-electron chi connectivity index (χ1n) is 5.93. The smallest absolute Gasteiger partial charge is 0.237 e. The molecule has 2 rings (SSSR count). The van der Waals surface area contributed by atoms with Crippen LogP contribution in [0.25, 0.3) is 0 Å². The highest BCUT2D eigenvalue weighted by Gasteiger charge is 2.09. The molecule has 0 fully saturated rings. The minimum Gasteiger partial charge on any atom is -0.438 e. The molecule has 0 bridgehead atoms. The number of anilines is 1. The number of nitriles is 1. The second kappa shape index (κ2) is 5.40. The van der Waals surface area contributed by atoms with Gasteiger partial charge in [-0.05, 0) is 30.7 Å². The van der Waals surface area contributed by atoms with Crippen LogP contribution in [0.4, 0.5) is 5.69 Å². The van der Waals surface area contributed by atoms with Crippen LogP contribution >= 0.6 is 0 Å². The fourth-order valence-electron chi connectivity index (χ4n) is 1.68. The minimum absolute atomic E-state index is 0.346. The van der Waals surface area contributed by atoms with Gasteiger partial charge in [0.25, 0.3) is 0 Å². The Balaban J connectivity index is 2.34. The molecule has 0 aliphatic rings. The molecule has 0 spiro atoms. The molecule has 96 valence electrons. The van der Waals surface area contributed by atoms with E-state index in [9.17, 15) is 0 Å². The summed E-state index contributed by atoms with van der Waals surface area (Å²) < 4.78 is 5.71. The Labute approximate surface area is 112 Å². The van der Waals surface area contributed by atoms with Crippen LogP contribution in [0.2, 0.25) is 0 Å². The van der Waals surface area contributed by atoms with Crippen LogP contribution in [-0.2, 0) is 0 Å². The van der Waals surface area contributed by atoms with Crippen molar-refractivity contribution in [2.75, 3.05) is 19.0 Å². The standard InChI is InChI=1S/C15H15N3O/c1-11-7-8-17-15(14(11)10-16)19-13-6-4-5-12(9-13)18(2)3/h4-9H,1-3H3. The Morgan fingerprint density at radius 2 is 2.05 bits per heavy atom. The van der Waals surface area contributed by atoms with E-state index in [4.69, 9.17) is 10.00 Å². The van der Waals surface area contributed by atoms with E-state index in [1.54, 1.807) is 12.3 Å². The molecule has 0 saturated heterocycles. The second-order valence-electron chi connectivity index (χ2n) is 4.41. The lowest BCUT2D eigenvalue weighted by Gasteiger charge is -2.14. The lowest BCUT2D eigenvalue weighted by molar-refractivity contribution is 0.461. The first kappa shape index (κ1) is 12.9. The molecule has 0 aliphatic heterocycles. The predicted molar refractivity (Wildman–Crippen MR) is 74.5 cm³/mol. The van der Waals surface area contributed by atoms with Crippen LogP contribution in [0.3, 0.4) is 0 Å². The highest BCUT2D eigenvalue weighted by Crippen LogP contribution is 2.27. The first-order valence-corrected chi connectivity index (χ1v) is 5.93. The van der Waals surface area contributed by atoms with Crippen molar-refractivity contribution in [1.82, 2.24) is 4.98 Å². The highest BCUT2D eigenvalue weighted by molar-refractivity contribution is 5.51. The zero-order valence-corrected chi connectivity index (χ0v) is 11.2. The van der Waals surface area contributed by atoms with E-state index in [0.29, 0.717) is 17.2 Å². The predicted octanol–water partition coefficient (Wildman–Crippen LogP) is 3.12. The van der Waals surface area contributed by atoms with Gasteiger partial charge < -0.3 is 9.64 Å². The molecule has 2 aromatic rings. The first-order chi connectivity index (χ1) is 9.11. The maximum absolute atomic E-state index is 9.14. The van der Waals surface area contributed by atoms with E-state index in [1.165, 1.54) is 0 Å². The van der Waals surface area contributed by atoms with Crippen LogP contribution in [0.1, 0.15) is 11.1 Å². The van der Waals surface area contributed by atoms with Gasteiger partial charge in [-0.25, -0.2) is 4.98 Å². The SMILES string of the molecule is Cc1ccnc(Oc2cccc(N(C)C)c2)c1C#N. The third kappa shape index (κ3) is 2.83. The number of ether oxygens (including phenoxy) is 1. The molecular weight excluding hydrogens is 238 g/mol. The van der Waals surface area contributed by atoms with Crippen LogP contribution in [0.5, 0.6) is 11.6 Å². The third-order valence-corrected chi connectivity index (χ3v) is 2.78. The molecule has 1 heterocycles. The quantitative estimate of drug-likeness (QED) is 0.843. The number of benzene rings is 1. The number of nitrogens with zero attached hydrogens (tertiary/aromatic N) is 3. The van der Waals surface area contributed by atoms with E-state index in [0.717, 1.165) is 11.3 Å². The van der Waals surface area contributed by atoms with E-state index in [1.807, 2.05) is 50.2 Å². The van der Waals surface area contributed by atoms with Crippen molar-refractivity contribution in [3.05, 3.63) is 47.7 Å². The van der Waals surface area contributed by atoms with Gasteiger partial charge >= 0.3 is 0 Å². The van der Waals surface area contributed by atoms with Gasteiger partial charge in [-0.15, -0.1) is 0 Å². The Morgan fingerprint density at radius 3 is 2.74 bits per heavy atom. The maximum atomic E-state index is 9.14. The topological polar surface area (TPSA) is 49.1 Å². The van der Waals surface area contributed by atoms with Crippen LogP contribution < -0.4 is 9.64 Å². The molecule has 4 heteroatoms. The summed E-state index contributed by atoms with van der Waals surface area (Å²) in [6.45, 7) is 1.86. The summed E-state index contributed by atoms with van der Waals surface area (Å²) in [4.78, 5) is 6.11. The average molecular weight is 253 g/mol. The summed E-state index contributed by atoms with van der Waals surface area (Å²) in [7, 11) is 3.93. The van der Waals surface area contributed by atoms with E-state index < -0.39 is 0 Å². The summed E-state index contributed by atoms with van der Waals surface area (Å²) >= 11 is 0. The third-order valence-electron chi connectivity index (χ3n) is 2.78. The van der Waals surface area contributed by atoms with Crippen molar-refractivity contribution in [2.45, 2.75) is 6.92 Å². The fourth-order valence-corrected chi connectivity index (χ4v) is 1.68. The molecule has 4 nitrogen and oxygen atoms in total. The Morgan fingerprint density at radius 1 is 1.26 bits per heavy atom. The Kier molecular flexibility index (Phi) is 3.67. The summed E-state index contributed by atoms with van der Waals surface area (Å²) in [6, 6.07) is 11.6. The molecule has 1 aromatic heterocycles. The number of aryl methyl sites for hydroxylation is 1. The molecule has 19 heavy (non-hydrogen) atoms. The monoisotopic (exact) mass is 253 g/mol. The molecule has 0 aliphatic carbocycles. The van der Waals surface area contributed by atoms with Gasteiger partial charge in [0.15, 0.2) is 0 Å². The van der Waals surface area contributed by atoms with Gasteiger partial charge in [-0.1, -0.05) is 6.07 Å². The summed E-state index contributed by atoms with van der Waals surface area (Å²) in [6.07, 6.45) is 1.64. The van der Waals surface area contributed by atoms with Crippen LogP contribution in [0, 0.1) is 18.3 Å². The van der Waals surface area contributed by atoms with Crippen molar-refractivity contribution in [3.8, 4) is 17.7 Å². The van der Waals surface area contributed by atoms with Gasteiger partial charge in [0.2, 0.25) is 5.88 Å². The van der Waals surface area contributed by atoms with Crippen molar-refractivity contribution in [1.29, 1.82) is 5.26 Å². The number of hydrogen-bond donors (Lipinski definition) is 0.